The van der Waals surface area contributed by atoms with Crippen molar-refractivity contribution in [3.8, 4) is 11.5 Å². The molecule has 2 heterocycles. The second-order valence-corrected chi connectivity index (χ2v) is 5.63. The molecule has 1 saturated heterocycles. The topological polar surface area (TPSA) is 105 Å². The Labute approximate surface area is 143 Å². The average Bonchev–Trinajstić information content (AvgIpc) is 3.13. The average molecular weight is 347 g/mol. The fraction of sp³-hybridized carbons (Fsp3) is 0.375. The van der Waals surface area contributed by atoms with Gasteiger partial charge in [0.05, 0.1) is 6.04 Å². The van der Waals surface area contributed by atoms with E-state index in [1.54, 1.807) is 32.0 Å². The van der Waals surface area contributed by atoms with Crippen molar-refractivity contribution in [1.82, 2.24) is 15.1 Å². The van der Waals surface area contributed by atoms with Crippen LogP contribution in [0.3, 0.4) is 0 Å². The van der Waals surface area contributed by atoms with Crippen LogP contribution in [-0.2, 0) is 14.4 Å². The summed E-state index contributed by atoms with van der Waals surface area (Å²) >= 11 is 0. The summed E-state index contributed by atoms with van der Waals surface area (Å²) in [6.45, 7) is 3.06. The Morgan fingerprint density at radius 2 is 1.84 bits per heavy atom. The van der Waals surface area contributed by atoms with Gasteiger partial charge < -0.3 is 14.8 Å². The molecule has 9 nitrogen and oxygen atoms in total. The lowest BCUT2D eigenvalue weighted by molar-refractivity contribution is -0.144. The van der Waals surface area contributed by atoms with Gasteiger partial charge >= 0.3 is 17.8 Å². The minimum absolute atomic E-state index is 0.0785. The molecule has 5 amide bonds. The summed E-state index contributed by atoms with van der Waals surface area (Å²) in [6, 6.07) is 4.12. The number of hydrogen-bond donors (Lipinski definition) is 1. The first kappa shape index (κ1) is 16.7. The lowest BCUT2D eigenvalue weighted by Crippen LogP contribution is -2.42. The van der Waals surface area contributed by atoms with Crippen LogP contribution in [0, 0.1) is 0 Å². The zero-order valence-corrected chi connectivity index (χ0v) is 13.8. The van der Waals surface area contributed by atoms with Crippen LogP contribution in [0.2, 0.25) is 0 Å². The van der Waals surface area contributed by atoms with Crippen molar-refractivity contribution in [2.24, 2.45) is 0 Å². The largest absolute Gasteiger partial charge is 0.454 e. The van der Waals surface area contributed by atoms with E-state index >= 15 is 0 Å². The SMILES string of the molecule is CCN1C(=O)C(=O)N(CC(=O)N[C@H](C)c2ccc3c(c2)OCO3)C1=O. The van der Waals surface area contributed by atoms with E-state index in [9.17, 15) is 19.2 Å². The smallest absolute Gasteiger partial charge is 0.334 e. The fourth-order valence-corrected chi connectivity index (χ4v) is 2.67. The molecule has 0 radical (unpaired) electrons. The summed E-state index contributed by atoms with van der Waals surface area (Å²) in [7, 11) is 0. The Balaban J connectivity index is 1.63. The van der Waals surface area contributed by atoms with Crippen molar-refractivity contribution in [3.05, 3.63) is 23.8 Å². The van der Waals surface area contributed by atoms with Gasteiger partial charge in [-0.05, 0) is 31.5 Å². The number of likely N-dealkylation sites (N-methyl/N-ethyl adjacent to an activating group) is 1. The zero-order valence-electron chi connectivity index (χ0n) is 13.8. The van der Waals surface area contributed by atoms with Crippen LogP contribution in [-0.4, -0.2) is 53.4 Å². The van der Waals surface area contributed by atoms with Gasteiger partial charge in [0.1, 0.15) is 6.54 Å². The van der Waals surface area contributed by atoms with Crippen LogP contribution in [0.15, 0.2) is 18.2 Å². The number of nitrogens with one attached hydrogen (secondary N) is 1. The third kappa shape index (κ3) is 3.00. The molecular formula is C16H17N3O6. The quantitative estimate of drug-likeness (QED) is 0.611. The van der Waals surface area contributed by atoms with E-state index in [-0.39, 0.29) is 19.4 Å². The summed E-state index contributed by atoms with van der Waals surface area (Å²) in [4.78, 5) is 49.0. The van der Waals surface area contributed by atoms with Crippen molar-refractivity contribution < 1.29 is 28.7 Å². The Hall–Kier alpha value is -3.10. The lowest BCUT2D eigenvalue weighted by Gasteiger charge is -2.18. The molecule has 0 aromatic heterocycles. The Morgan fingerprint density at radius 3 is 2.52 bits per heavy atom. The third-order valence-electron chi connectivity index (χ3n) is 4.03. The first-order chi connectivity index (χ1) is 11.9. The van der Waals surface area contributed by atoms with E-state index in [2.05, 4.69) is 5.32 Å². The van der Waals surface area contributed by atoms with Crippen molar-refractivity contribution in [3.63, 3.8) is 0 Å². The van der Waals surface area contributed by atoms with Crippen molar-refractivity contribution >= 4 is 23.8 Å². The van der Waals surface area contributed by atoms with Gasteiger partial charge in [-0.15, -0.1) is 0 Å². The second kappa shape index (κ2) is 6.42. The third-order valence-corrected chi connectivity index (χ3v) is 4.03. The number of ether oxygens (including phenoxy) is 2. The summed E-state index contributed by atoms with van der Waals surface area (Å²) < 4.78 is 10.5. The first-order valence-corrected chi connectivity index (χ1v) is 7.78. The van der Waals surface area contributed by atoms with Crippen molar-refractivity contribution in [2.75, 3.05) is 19.9 Å². The van der Waals surface area contributed by atoms with Gasteiger partial charge in [-0.1, -0.05) is 6.07 Å². The molecule has 3 rings (SSSR count). The first-order valence-electron chi connectivity index (χ1n) is 7.78. The van der Waals surface area contributed by atoms with Gasteiger partial charge in [-0.3, -0.25) is 19.3 Å². The van der Waals surface area contributed by atoms with Gasteiger partial charge in [-0.2, -0.15) is 0 Å². The monoisotopic (exact) mass is 347 g/mol. The molecule has 1 atom stereocenters. The highest BCUT2D eigenvalue weighted by Crippen LogP contribution is 2.34. The van der Waals surface area contributed by atoms with Gasteiger partial charge in [-0.25, -0.2) is 9.69 Å². The minimum atomic E-state index is -0.988. The number of fused-ring (bicyclic) bond motifs is 1. The molecule has 132 valence electrons. The number of carbonyl (C=O) groups is 4. The molecule has 2 aliphatic heterocycles. The van der Waals surface area contributed by atoms with Gasteiger partial charge in [0.25, 0.3) is 0 Å². The maximum atomic E-state index is 12.2. The number of carbonyl (C=O) groups excluding carboxylic acids is 4. The number of amides is 5. The predicted molar refractivity (Wildman–Crippen MR) is 83.6 cm³/mol. The van der Waals surface area contributed by atoms with E-state index in [1.807, 2.05) is 0 Å². The van der Waals surface area contributed by atoms with E-state index in [4.69, 9.17) is 9.47 Å². The summed E-state index contributed by atoms with van der Waals surface area (Å²) in [5.74, 6) is -1.22. The molecule has 1 fully saturated rings. The van der Waals surface area contributed by atoms with E-state index < -0.39 is 30.3 Å². The highest BCUT2D eigenvalue weighted by atomic mass is 16.7. The number of rotatable bonds is 5. The molecule has 2 aliphatic rings. The molecule has 0 saturated carbocycles. The summed E-state index contributed by atoms with van der Waals surface area (Å²) in [5.41, 5.74) is 0.780. The van der Waals surface area contributed by atoms with E-state index in [0.717, 1.165) is 10.5 Å². The number of urea groups is 1. The van der Waals surface area contributed by atoms with Gasteiger partial charge in [0.2, 0.25) is 12.7 Å². The number of hydrogen-bond acceptors (Lipinski definition) is 6. The number of imide groups is 2. The molecule has 1 aromatic rings. The summed E-state index contributed by atoms with van der Waals surface area (Å²) in [6.07, 6.45) is 0. The van der Waals surface area contributed by atoms with Crippen LogP contribution in [0.1, 0.15) is 25.5 Å². The van der Waals surface area contributed by atoms with Gasteiger partial charge in [0.15, 0.2) is 11.5 Å². The Morgan fingerprint density at radius 1 is 1.16 bits per heavy atom. The number of benzene rings is 1. The molecule has 9 heteroatoms. The molecular weight excluding hydrogens is 330 g/mol. The normalized spacial score (nSPS) is 17.3. The van der Waals surface area contributed by atoms with Crippen LogP contribution >= 0.6 is 0 Å². The molecule has 0 unspecified atom stereocenters. The highest BCUT2D eigenvalue weighted by Gasteiger charge is 2.44. The maximum Gasteiger partial charge on any atom is 0.334 e. The fourth-order valence-electron chi connectivity index (χ4n) is 2.67. The number of nitrogens with zero attached hydrogens (tertiary/aromatic N) is 2. The van der Waals surface area contributed by atoms with E-state index in [0.29, 0.717) is 16.4 Å². The minimum Gasteiger partial charge on any atom is -0.454 e. The Kier molecular flexibility index (Phi) is 4.30. The molecule has 0 bridgehead atoms. The molecule has 0 spiro atoms. The molecule has 1 N–H and O–H groups in total. The van der Waals surface area contributed by atoms with E-state index in [1.165, 1.54) is 0 Å². The zero-order chi connectivity index (χ0) is 18.1. The van der Waals surface area contributed by atoms with Crippen LogP contribution in [0.5, 0.6) is 11.5 Å². The van der Waals surface area contributed by atoms with Crippen LogP contribution < -0.4 is 14.8 Å². The molecule has 25 heavy (non-hydrogen) atoms. The summed E-state index contributed by atoms with van der Waals surface area (Å²) in [5, 5.41) is 2.69. The van der Waals surface area contributed by atoms with Crippen LogP contribution in [0.25, 0.3) is 0 Å². The maximum absolute atomic E-state index is 12.2. The van der Waals surface area contributed by atoms with Crippen LogP contribution in [0.4, 0.5) is 4.79 Å². The standard InChI is InChI=1S/C16H17N3O6/c1-3-18-14(21)15(22)19(16(18)23)7-13(20)17-9(2)10-4-5-11-12(6-10)25-8-24-11/h4-6,9H,3,7-8H2,1-2H3,(H,17,20)/t9-/m1/s1. The second-order valence-electron chi connectivity index (χ2n) is 5.63. The van der Waals surface area contributed by atoms with Crippen molar-refractivity contribution in [1.29, 1.82) is 0 Å². The predicted octanol–water partition coefficient (Wildman–Crippen LogP) is 0.403. The highest BCUT2D eigenvalue weighted by molar-refractivity contribution is 6.45. The lowest BCUT2D eigenvalue weighted by atomic mass is 10.1. The Bertz CT molecular complexity index is 762. The molecule has 0 aliphatic carbocycles. The van der Waals surface area contributed by atoms with Crippen molar-refractivity contribution in [2.45, 2.75) is 19.9 Å². The molecule has 1 aromatic carbocycles. The van der Waals surface area contributed by atoms with Gasteiger partial charge in [0, 0.05) is 6.54 Å².